The minimum Gasteiger partial charge on any atom is -0.321 e. The van der Waals surface area contributed by atoms with E-state index >= 15 is 0 Å². The predicted molar refractivity (Wildman–Crippen MR) is 109 cm³/mol. The van der Waals surface area contributed by atoms with E-state index in [2.05, 4.69) is 15.1 Å². The van der Waals surface area contributed by atoms with Gasteiger partial charge in [0.15, 0.2) is 0 Å². The lowest BCUT2D eigenvalue weighted by Crippen LogP contribution is -2.18. The fourth-order valence-corrected chi connectivity index (χ4v) is 4.32. The van der Waals surface area contributed by atoms with E-state index in [1.165, 1.54) is 10.7 Å². The number of sulfonamides is 1. The Morgan fingerprint density at radius 1 is 1.11 bits per heavy atom. The first-order valence-corrected chi connectivity index (χ1v) is 10.2. The molecule has 0 radical (unpaired) electrons. The Balaban J connectivity index is 1.90. The van der Waals surface area contributed by atoms with Crippen LogP contribution >= 0.6 is 11.6 Å². The standard InChI is InChI=1S/C19H19ClN4O3S/c1-12-8-9-14(21-19(25)17-10-13(2)22-24(17)3)11-18(12)28(26,27)23-16-7-5-4-6-15(16)20/h4-11,23H,1-3H3,(H,21,25). The lowest BCUT2D eigenvalue weighted by molar-refractivity contribution is 0.101. The smallest absolute Gasteiger partial charge is 0.273 e. The van der Waals surface area contributed by atoms with Gasteiger partial charge in [0.1, 0.15) is 5.69 Å². The quantitative estimate of drug-likeness (QED) is 0.660. The fraction of sp³-hybridized carbons (Fsp3) is 0.158. The van der Waals surface area contributed by atoms with Crippen molar-refractivity contribution in [1.82, 2.24) is 9.78 Å². The molecule has 3 rings (SSSR count). The van der Waals surface area contributed by atoms with Gasteiger partial charge in [0.25, 0.3) is 15.9 Å². The van der Waals surface area contributed by atoms with Crippen molar-refractivity contribution in [3.8, 4) is 0 Å². The molecule has 3 aromatic rings. The number of para-hydroxylation sites is 1. The van der Waals surface area contributed by atoms with Crippen LogP contribution in [-0.4, -0.2) is 24.1 Å². The van der Waals surface area contributed by atoms with Crippen molar-refractivity contribution in [2.45, 2.75) is 18.7 Å². The summed E-state index contributed by atoms with van der Waals surface area (Å²) in [6.45, 7) is 3.46. The van der Waals surface area contributed by atoms with Gasteiger partial charge in [0.05, 0.1) is 21.3 Å². The summed E-state index contributed by atoms with van der Waals surface area (Å²) in [5.74, 6) is -0.380. The second kappa shape index (κ2) is 7.65. The largest absolute Gasteiger partial charge is 0.321 e. The molecule has 0 saturated heterocycles. The highest BCUT2D eigenvalue weighted by molar-refractivity contribution is 7.92. The van der Waals surface area contributed by atoms with E-state index in [1.807, 2.05) is 0 Å². The third-order valence-corrected chi connectivity index (χ3v) is 5.93. The van der Waals surface area contributed by atoms with Gasteiger partial charge < -0.3 is 5.32 Å². The Kier molecular flexibility index (Phi) is 5.44. The van der Waals surface area contributed by atoms with Crippen LogP contribution in [0.2, 0.25) is 5.02 Å². The van der Waals surface area contributed by atoms with Crippen LogP contribution in [0.15, 0.2) is 53.4 Å². The molecule has 0 aliphatic heterocycles. The number of amides is 1. The topological polar surface area (TPSA) is 93.1 Å². The van der Waals surface area contributed by atoms with Crippen molar-refractivity contribution >= 4 is 38.9 Å². The molecule has 0 bridgehead atoms. The number of anilines is 2. The maximum atomic E-state index is 12.8. The van der Waals surface area contributed by atoms with Gasteiger partial charge in [0.2, 0.25) is 0 Å². The molecule has 146 valence electrons. The van der Waals surface area contributed by atoms with E-state index in [9.17, 15) is 13.2 Å². The summed E-state index contributed by atoms with van der Waals surface area (Å²) < 4.78 is 29.6. The average Bonchev–Trinajstić information content (AvgIpc) is 2.97. The second-order valence-corrected chi connectivity index (χ2v) is 8.37. The molecule has 1 amide bonds. The minimum atomic E-state index is -3.90. The maximum Gasteiger partial charge on any atom is 0.273 e. The molecular formula is C19H19ClN4O3S. The normalized spacial score (nSPS) is 11.3. The van der Waals surface area contributed by atoms with Gasteiger partial charge in [-0.05, 0) is 49.7 Å². The van der Waals surface area contributed by atoms with Gasteiger partial charge >= 0.3 is 0 Å². The summed E-state index contributed by atoms with van der Waals surface area (Å²) in [4.78, 5) is 12.5. The number of carbonyl (C=O) groups excluding carboxylic acids is 1. The highest BCUT2D eigenvalue weighted by Gasteiger charge is 2.20. The second-order valence-electron chi connectivity index (χ2n) is 6.31. The van der Waals surface area contributed by atoms with E-state index in [-0.39, 0.29) is 16.5 Å². The SMILES string of the molecule is Cc1cc(C(=O)Nc2ccc(C)c(S(=O)(=O)Nc3ccccc3Cl)c2)n(C)n1. The lowest BCUT2D eigenvalue weighted by Gasteiger charge is -2.13. The number of rotatable bonds is 5. The summed E-state index contributed by atoms with van der Waals surface area (Å²) in [5.41, 5.74) is 2.26. The lowest BCUT2D eigenvalue weighted by atomic mass is 10.2. The van der Waals surface area contributed by atoms with Crippen LogP contribution in [0.3, 0.4) is 0 Å². The Hall–Kier alpha value is -2.84. The first kappa shape index (κ1) is 19.9. The number of benzene rings is 2. The average molecular weight is 419 g/mol. The van der Waals surface area contributed by atoms with E-state index in [0.717, 1.165) is 0 Å². The number of halogens is 1. The highest BCUT2D eigenvalue weighted by atomic mass is 35.5. The molecular weight excluding hydrogens is 400 g/mol. The minimum absolute atomic E-state index is 0.0476. The van der Waals surface area contributed by atoms with Crippen LogP contribution in [0.4, 0.5) is 11.4 Å². The number of nitrogens with zero attached hydrogens (tertiary/aromatic N) is 2. The zero-order chi connectivity index (χ0) is 20.5. The summed E-state index contributed by atoms with van der Waals surface area (Å²) in [6, 6.07) is 12.9. The Morgan fingerprint density at radius 3 is 2.46 bits per heavy atom. The number of nitrogens with one attached hydrogen (secondary N) is 2. The number of carbonyl (C=O) groups is 1. The first-order chi connectivity index (χ1) is 13.2. The van der Waals surface area contributed by atoms with Crippen molar-refractivity contribution < 1.29 is 13.2 Å². The van der Waals surface area contributed by atoms with Crippen LogP contribution in [-0.2, 0) is 17.1 Å². The molecule has 1 aromatic heterocycles. The summed E-state index contributed by atoms with van der Waals surface area (Å²) in [7, 11) is -2.23. The van der Waals surface area contributed by atoms with Crippen LogP contribution in [0.5, 0.6) is 0 Å². The summed E-state index contributed by atoms with van der Waals surface area (Å²) >= 11 is 6.05. The third kappa shape index (κ3) is 4.18. The van der Waals surface area contributed by atoms with E-state index < -0.39 is 10.0 Å². The van der Waals surface area contributed by atoms with Gasteiger partial charge in [-0.3, -0.25) is 14.2 Å². The Bertz CT molecular complexity index is 1160. The fourth-order valence-electron chi connectivity index (χ4n) is 2.73. The molecule has 28 heavy (non-hydrogen) atoms. The molecule has 0 aliphatic rings. The predicted octanol–water partition coefficient (Wildman–Crippen LogP) is 3.74. The molecule has 0 spiro atoms. The van der Waals surface area contributed by atoms with Gasteiger partial charge in [0, 0.05) is 12.7 Å². The van der Waals surface area contributed by atoms with Gasteiger partial charge in [-0.2, -0.15) is 5.10 Å². The summed E-state index contributed by atoms with van der Waals surface area (Å²) in [6.07, 6.45) is 0. The number of aryl methyl sites for hydroxylation is 3. The molecule has 0 fully saturated rings. The van der Waals surface area contributed by atoms with Gasteiger partial charge in [-0.1, -0.05) is 29.8 Å². The molecule has 2 N–H and O–H groups in total. The third-order valence-electron chi connectivity index (χ3n) is 4.09. The van der Waals surface area contributed by atoms with Crippen LogP contribution in [0, 0.1) is 13.8 Å². The molecule has 0 aliphatic carbocycles. The van der Waals surface area contributed by atoms with Crippen LogP contribution in [0.1, 0.15) is 21.7 Å². The molecule has 0 saturated carbocycles. The Labute approximate surface area is 168 Å². The number of hydrogen-bond acceptors (Lipinski definition) is 4. The summed E-state index contributed by atoms with van der Waals surface area (Å²) in [5, 5.41) is 7.14. The van der Waals surface area contributed by atoms with E-state index in [0.29, 0.717) is 27.7 Å². The highest BCUT2D eigenvalue weighted by Crippen LogP contribution is 2.27. The van der Waals surface area contributed by atoms with Crippen molar-refractivity contribution in [3.05, 3.63) is 70.5 Å². The molecule has 1 heterocycles. The number of hydrogen-bond donors (Lipinski definition) is 2. The first-order valence-electron chi connectivity index (χ1n) is 8.37. The van der Waals surface area contributed by atoms with E-state index in [1.54, 1.807) is 63.4 Å². The zero-order valence-corrected chi connectivity index (χ0v) is 17.1. The van der Waals surface area contributed by atoms with Gasteiger partial charge in [-0.25, -0.2) is 8.42 Å². The van der Waals surface area contributed by atoms with E-state index in [4.69, 9.17) is 11.6 Å². The van der Waals surface area contributed by atoms with Gasteiger partial charge in [-0.15, -0.1) is 0 Å². The molecule has 0 unspecified atom stereocenters. The Morgan fingerprint density at radius 2 is 1.82 bits per heavy atom. The van der Waals surface area contributed by atoms with Crippen molar-refractivity contribution in [2.75, 3.05) is 10.0 Å². The molecule has 7 nitrogen and oxygen atoms in total. The number of aromatic nitrogens is 2. The maximum absolute atomic E-state index is 12.8. The van der Waals surface area contributed by atoms with Crippen molar-refractivity contribution in [3.63, 3.8) is 0 Å². The zero-order valence-electron chi connectivity index (χ0n) is 15.5. The molecule has 2 aromatic carbocycles. The van der Waals surface area contributed by atoms with Crippen molar-refractivity contribution in [2.24, 2.45) is 7.05 Å². The van der Waals surface area contributed by atoms with Crippen molar-refractivity contribution in [1.29, 1.82) is 0 Å². The monoisotopic (exact) mass is 418 g/mol. The van der Waals surface area contributed by atoms with Crippen LogP contribution < -0.4 is 10.0 Å². The van der Waals surface area contributed by atoms with Crippen LogP contribution in [0.25, 0.3) is 0 Å². The molecule has 0 atom stereocenters. The molecule has 9 heteroatoms.